The average Bonchev–Trinajstić information content (AvgIpc) is 2.82. The summed E-state index contributed by atoms with van der Waals surface area (Å²) in [6.07, 6.45) is 0.469. The minimum absolute atomic E-state index is 0.0286. The van der Waals surface area contributed by atoms with E-state index in [0.717, 1.165) is 37.2 Å². The van der Waals surface area contributed by atoms with Gasteiger partial charge in [0.05, 0.1) is 6.42 Å². The zero-order valence-electron chi connectivity index (χ0n) is 21.2. The molecule has 1 fully saturated rings. The number of nitrogens with zero attached hydrogens (tertiary/aromatic N) is 1. The number of carbonyl (C=O) groups is 3. The third-order valence-electron chi connectivity index (χ3n) is 5.68. The first kappa shape index (κ1) is 26.8. The Morgan fingerprint density at radius 2 is 1.75 bits per heavy atom. The Hall–Kier alpha value is -3.75. The maximum atomic E-state index is 12.8. The van der Waals surface area contributed by atoms with E-state index < -0.39 is 23.7 Å². The Morgan fingerprint density at radius 1 is 1.06 bits per heavy atom. The number of amides is 2. The molecule has 0 bridgehead atoms. The monoisotopic (exact) mass is 496 g/mol. The van der Waals surface area contributed by atoms with Crippen molar-refractivity contribution in [3.8, 4) is 0 Å². The van der Waals surface area contributed by atoms with E-state index in [2.05, 4.69) is 15.5 Å². The Bertz CT molecular complexity index is 1030. The van der Waals surface area contributed by atoms with Gasteiger partial charge in [-0.25, -0.2) is 9.59 Å². The molecule has 0 spiro atoms. The molecule has 3 rings (SSSR count). The van der Waals surface area contributed by atoms with Crippen LogP contribution in [-0.4, -0.2) is 48.7 Å². The number of nitrogens with two attached hydrogens (primary N) is 1. The predicted molar refractivity (Wildman–Crippen MR) is 138 cm³/mol. The van der Waals surface area contributed by atoms with Crippen molar-refractivity contribution in [3.63, 3.8) is 0 Å². The number of ether oxygens (including phenoxy) is 2. The number of hydrogen-bond donors (Lipinski definition) is 3. The second-order valence-electron chi connectivity index (χ2n) is 9.92. The molecule has 1 heterocycles. The van der Waals surface area contributed by atoms with E-state index in [9.17, 15) is 14.4 Å². The van der Waals surface area contributed by atoms with Gasteiger partial charge in [0, 0.05) is 30.5 Å². The quantitative estimate of drug-likeness (QED) is 0.378. The van der Waals surface area contributed by atoms with E-state index in [-0.39, 0.29) is 25.0 Å². The molecule has 0 aliphatic carbocycles. The van der Waals surface area contributed by atoms with Crippen molar-refractivity contribution in [1.29, 1.82) is 0 Å². The van der Waals surface area contributed by atoms with E-state index in [1.54, 1.807) is 20.8 Å². The summed E-state index contributed by atoms with van der Waals surface area (Å²) in [5, 5.41) is 5.49. The molecule has 4 N–H and O–H groups in total. The van der Waals surface area contributed by atoms with Gasteiger partial charge >= 0.3 is 12.1 Å². The molecule has 1 aliphatic rings. The first-order valence-electron chi connectivity index (χ1n) is 12.2. The minimum Gasteiger partial charge on any atom is -0.458 e. The summed E-state index contributed by atoms with van der Waals surface area (Å²) in [4.78, 5) is 40.1. The van der Waals surface area contributed by atoms with Crippen LogP contribution in [0.2, 0.25) is 0 Å². The van der Waals surface area contributed by atoms with Crippen LogP contribution in [0.5, 0.6) is 0 Å². The van der Waals surface area contributed by atoms with Crippen molar-refractivity contribution in [2.75, 3.05) is 23.7 Å². The van der Waals surface area contributed by atoms with Crippen LogP contribution in [-0.2, 0) is 25.7 Å². The van der Waals surface area contributed by atoms with Gasteiger partial charge in [0.25, 0.3) is 0 Å². The van der Waals surface area contributed by atoms with Gasteiger partial charge in [-0.2, -0.15) is 0 Å². The lowest BCUT2D eigenvalue weighted by molar-refractivity contribution is -0.158. The number of esters is 1. The van der Waals surface area contributed by atoms with Crippen LogP contribution in [0.3, 0.4) is 0 Å². The molecule has 2 amide bonds. The fraction of sp³-hybridized carbons (Fsp3) is 0.444. The van der Waals surface area contributed by atoms with Crippen LogP contribution >= 0.6 is 0 Å². The fourth-order valence-corrected chi connectivity index (χ4v) is 3.95. The van der Waals surface area contributed by atoms with Gasteiger partial charge in [-0.1, -0.05) is 36.4 Å². The molecule has 2 aromatic rings. The molecule has 1 saturated heterocycles. The van der Waals surface area contributed by atoms with E-state index in [0.29, 0.717) is 5.69 Å². The average molecular weight is 497 g/mol. The topological polar surface area (TPSA) is 123 Å². The summed E-state index contributed by atoms with van der Waals surface area (Å²) in [6, 6.07) is 15.7. The smallest absolute Gasteiger partial charge is 0.408 e. The second kappa shape index (κ2) is 12.3. The lowest BCUT2D eigenvalue weighted by atomic mass is 10.0. The third-order valence-corrected chi connectivity index (χ3v) is 5.68. The standard InChI is InChI=1S/C27H36N4O5/c1-27(2,3)36-25(33)23(30-26(34)35-18-19-8-5-4-6-9-19)17-24(32)29-21-12-14-31(15-13-21)22-11-7-10-20(28)16-22/h4-11,16,21,23H,12-15,17-18,28H2,1-3H3,(H,29,32)(H,30,34)/t23-/m0/s1. The van der Waals surface area contributed by atoms with Crippen molar-refractivity contribution in [1.82, 2.24) is 10.6 Å². The number of benzene rings is 2. The number of piperidine rings is 1. The van der Waals surface area contributed by atoms with Crippen LogP contribution in [0.1, 0.15) is 45.6 Å². The summed E-state index contributed by atoms with van der Waals surface area (Å²) in [6.45, 7) is 6.77. The number of nitrogens with one attached hydrogen (secondary N) is 2. The Labute approximate surface area is 212 Å². The molecule has 2 aromatic carbocycles. The molecular weight excluding hydrogens is 460 g/mol. The number of hydrogen-bond acceptors (Lipinski definition) is 7. The van der Waals surface area contributed by atoms with Crippen molar-refractivity contribution in [2.24, 2.45) is 0 Å². The highest BCUT2D eigenvalue weighted by Gasteiger charge is 2.30. The summed E-state index contributed by atoms with van der Waals surface area (Å²) in [7, 11) is 0. The highest BCUT2D eigenvalue weighted by Crippen LogP contribution is 2.22. The first-order valence-corrected chi connectivity index (χ1v) is 12.2. The predicted octanol–water partition coefficient (Wildman–Crippen LogP) is 3.38. The first-order chi connectivity index (χ1) is 17.1. The zero-order valence-corrected chi connectivity index (χ0v) is 21.2. The largest absolute Gasteiger partial charge is 0.458 e. The number of alkyl carbamates (subject to hydrolysis) is 1. The van der Waals surface area contributed by atoms with Crippen molar-refractivity contribution in [2.45, 2.75) is 64.3 Å². The lowest BCUT2D eigenvalue weighted by Crippen LogP contribution is -2.49. The SMILES string of the molecule is CC(C)(C)OC(=O)[C@H](CC(=O)NC1CCN(c2cccc(N)c2)CC1)NC(=O)OCc1ccccc1. The van der Waals surface area contributed by atoms with Gasteiger partial charge in [-0.05, 0) is 57.4 Å². The van der Waals surface area contributed by atoms with Crippen LogP contribution in [0, 0.1) is 0 Å². The maximum absolute atomic E-state index is 12.8. The molecule has 194 valence electrons. The minimum atomic E-state index is -1.17. The van der Waals surface area contributed by atoms with Crippen molar-refractivity contribution >= 4 is 29.3 Å². The van der Waals surface area contributed by atoms with Crippen LogP contribution in [0.15, 0.2) is 54.6 Å². The van der Waals surface area contributed by atoms with E-state index >= 15 is 0 Å². The normalized spacial score (nSPS) is 15.0. The number of rotatable bonds is 8. The zero-order chi connectivity index (χ0) is 26.1. The van der Waals surface area contributed by atoms with E-state index in [1.165, 1.54) is 0 Å². The summed E-state index contributed by atoms with van der Waals surface area (Å²) < 4.78 is 10.6. The van der Waals surface area contributed by atoms with E-state index in [1.807, 2.05) is 54.6 Å². The van der Waals surface area contributed by atoms with Crippen molar-refractivity contribution in [3.05, 3.63) is 60.2 Å². The Balaban J connectivity index is 1.53. The third kappa shape index (κ3) is 8.79. The van der Waals surface area contributed by atoms with Crippen LogP contribution in [0.25, 0.3) is 0 Å². The highest BCUT2D eigenvalue weighted by atomic mass is 16.6. The number of anilines is 2. The Morgan fingerprint density at radius 3 is 2.39 bits per heavy atom. The summed E-state index contributed by atoms with van der Waals surface area (Å²) in [5.41, 5.74) is 7.70. The molecule has 0 aromatic heterocycles. The molecule has 0 unspecified atom stereocenters. The molecule has 9 heteroatoms. The van der Waals surface area contributed by atoms with Crippen LogP contribution in [0.4, 0.5) is 16.2 Å². The molecule has 1 atom stereocenters. The van der Waals surface area contributed by atoms with Gasteiger partial charge < -0.3 is 30.7 Å². The van der Waals surface area contributed by atoms with Gasteiger partial charge in [0.2, 0.25) is 5.91 Å². The number of carbonyl (C=O) groups excluding carboxylic acids is 3. The van der Waals surface area contributed by atoms with Gasteiger partial charge in [-0.15, -0.1) is 0 Å². The summed E-state index contributed by atoms with van der Waals surface area (Å²) in [5.74, 6) is -1.03. The molecule has 1 aliphatic heterocycles. The fourth-order valence-electron chi connectivity index (χ4n) is 3.95. The van der Waals surface area contributed by atoms with E-state index in [4.69, 9.17) is 15.2 Å². The molecule has 9 nitrogen and oxygen atoms in total. The highest BCUT2D eigenvalue weighted by molar-refractivity contribution is 5.88. The summed E-state index contributed by atoms with van der Waals surface area (Å²) >= 11 is 0. The molecule has 0 saturated carbocycles. The van der Waals surface area contributed by atoms with Gasteiger partial charge in [0.1, 0.15) is 18.2 Å². The lowest BCUT2D eigenvalue weighted by Gasteiger charge is -2.34. The molecular formula is C27H36N4O5. The number of nitrogen functional groups attached to an aromatic ring is 1. The second-order valence-corrected chi connectivity index (χ2v) is 9.92. The van der Waals surface area contributed by atoms with Gasteiger partial charge in [-0.3, -0.25) is 4.79 Å². The maximum Gasteiger partial charge on any atom is 0.408 e. The molecule has 36 heavy (non-hydrogen) atoms. The van der Waals surface area contributed by atoms with Crippen LogP contribution < -0.4 is 21.3 Å². The molecule has 0 radical (unpaired) electrons. The van der Waals surface area contributed by atoms with Crippen molar-refractivity contribution < 1.29 is 23.9 Å². The van der Waals surface area contributed by atoms with Gasteiger partial charge in [0.15, 0.2) is 0 Å². The Kier molecular flexibility index (Phi) is 9.16.